The van der Waals surface area contributed by atoms with E-state index in [0.717, 1.165) is 20.8 Å². The van der Waals surface area contributed by atoms with Crippen molar-refractivity contribution in [2.45, 2.75) is 11.8 Å². The Bertz CT molecular complexity index is 1170. The number of fused-ring (bicyclic) bond motifs is 1. The highest BCUT2D eigenvalue weighted by Gasteiger charge is 2.23. The summed E-state index contributed by atoms with van der Waals surface area (Å²) in [5, 5.41) is 3.42. The summed E-state index contributed by atoms with van der Waals surface area (Å²) in [6.45, 7) is 0.798. The zero-order valence-corrected chi connectivity index (χ0v) is 17.3. The minimum absolute atomic E-state index is 0.0747. The Kier molecular flexibility index (Phi) is 6.43. The molecule has 0 bridgehead atoms. The summed E-state index contributed by atoms with van der Waals surface area (Å²) in [5.74, 6) is -1.37. The Hall–Kier alpha value is -3.30. The minimum atomic E-state index is -3.84. The molecule has 9 heteroatoms. The number of amides is 1. The molecule has 3 aromatic rings. The van der Waals surface area contributed by atoms with Crippen molar-refractivity contribution in [3.8, 4) is 0 Å². The van der Waals surface area contributed by atoms with Crippen molar-refractivity contribution in [1.82, 2.24) is 9.29 Å². The van der Waals surface area contributed by atoms with Crippen LogP contribution in [-0.4, -0.2) is 49.8 Å². The number of likely N-dealkylation sites (N-methyl/N-ethyl adjacent to an activating group) is 1. The fourth-order valence-corrected chi connectivity index (χ4v) is 3.86. The van der Waals surface area contributed by atoms with Crippen molar-refractivity contribution in [2.24, 2.45) is 0 Å². The standard InChI is InChI=1S/C21H21N3O5S/c1-15-8-10-16(11-9-15)30(27,28)24(2)13-21(26)29-14-20(25)23-19-7-3-6-18-17(19)5-4-12-22-18/h3-12H,13-14H2,1-2H3,(H,23,25). The number of hydrogen-bond donors (Lipinski definition) is 1. The van der Waals surface area contributed by atoms with Gasteiger partial charge in [0.1, 0.15) is 6.54 Å². The maximum absolute atomic E-state index is 12.5. The lowest BCUT2D eigenvalue weighted by atomic mass is 10.2. The van der Waals surface area contributed by atoms with Crippen LogP contribution in [0.2, 0.25) is 0 Å². The van der Waals surface area contributed by atoms with E-state index in [1.165, 1.54) is 19.2 Å². The number of nitrogens with zero attached hydrogens (tertiary/aromatic N) is 2. The van der Waals surface area contributed by atoms with E-state index in [4.69, 9.17) is 4.74 Å². The number of ether oxygens (including phenoxy) is 1. The van der Waals surface area contributed by atoms with Gasteiger partial charge in [-0.15, -0.1) is 0 Å². The third kappa shape index (κ3) is 5.00. The average molecular weight is 427 g/mol. The third-order valence-corrected chi connectivity index (χ3v) is 6.18. The van der Waals surface area contributed by atoms with Crippen LogP contribution in [0.3, 0.4) is 0 Å². The van der Waals surface area contributed by atoms with Gasteiger partial charge in [0.25, 0.3) is 5.91 Å². The van der Waals surface area contributed by atoms with E-state index >= 15 is 0 Å². The second-order valence-corrected chi connectivity index (χ2v) is 8.70. The Balaban J connectivity index is 1.56. The van der Waals surface area contributed by atoms with Crippen molar-refractivity contribution in [1.29, 1.82) is 0 Å². The number of nitrogens with one attached hydrogen (secondary N) is 1. The van der Waals surface area contributed by atoms with Crippen LogP contribution in [0.4, 0.5) is 5.69 Å². The first kappa shape index (κ1) is 21.4. The predicted octanol–water partition coefficient (Wildman–Crippen LogP) is 2.35. The van der Waals surface area contributed by atoms with Gasteiger partial charge in [-0.05, 0) is 43.3 Å². The second-order valence-electron chi connectivity index (χ2n) is 6.66. The lowest BCUT2D eigenvalue weighted by Crippen LogP contribution is -2.34. The predicted molar refractivity (Wildman–Crippen MR) is 112 cm³/mol. The molecule has 3 rings (SSSR count). The van der Waals surface area contributed by atoms with Gasteiger partial charge < -0.3 is 10.1 Å². The Morgan fingerprint density at radius 2 is 1.80 bits per heavy atom. The number of aromatic nitrogens is 1. The lowest BCUT2D eigenvalue weighted by Gasteiger charge is -2.16. The molecule has 30 heavy (non-hydrogen) atoms. The summed E-state index contributed by atoms with van der Waals surface area (Å²) in [5.41, 5.74) is 2.18. The number of pyridine rings is 1. The van der Waals surface area contributed by atoms with E-state index in [9.17, 15) is 18.0 Å². The van der Waals surface area contributed by atoms with Crippen LogP contribution >= 0.6 is 0 Å². The van der Waals surface area contributed by atoms with Gasteiger partial charge in [-0.25, -0.2) is 8.42 Å². The molecule has 0 aliphatic carbocycles. The number of carbonyl (C=O) groups excluding carboxylic acids is 2. The maximum atomic E-state index is 12.5. The van der Waals surface area contributed by atoms with Crippen LogP contribution in [0.1, 0.15) is 5.56 Å². The van der Waals surface area contributed by atoms with Crippen molar-refractivity contribution in [3.63, 3.8) is 0 Å². The summed E-state index contributed by atoms with van der Waals surface area (Å²) < 4.78 is 30.9. The molecule has 8 nitrogen and oxygen atoms in total. The maximum Gasteiger partial charge on any atom is 0.321 e. The van der Waals surface area contributed by atoms with Crippen LogP contribution in [-0.2, 0) is 24.3 Å². The summed E-state index contributed by atoms with van der Waals surface area (Å²) >= 11 is 0. The highest BCUT2D eigenvalue weighted by atomic mass is 32.2. The van der Waals surface area contributed by atoms with Crippen molar-refractivity contribution in [3.05, 3.63) is 66.4 Å². The van der Waals surface area contributed by atoms with Crippen molar-refractivity contribution < 1.29 is 22.7 Å². The number of carbonyl (C=O) groups is 2. The van der Waals surface area contributed by atoms with Gasteiger partial charge in [0.05, 0.1) is 16.1 Å². The molecule has 0 unspecified atom stereocenters. The molecule has 0 atom stereocenters. The number of rotatable bonds is 7. The molecular weight excluding hydrogens is 406 g/mol. The lowest BCUT2D eigenvalue weighted by molar-refractivity contribution is -0.147. The molecular formula is C21H21N3O5S. The van der Waals surface area contributed by atoms with Gasteiger partial charge in [0.15, 0.2) is 6.61 Å². The largest absolute Gasteiger partial charge is 0.455 e. The smallest absolute Gasteiger partial charge is 0.321 e. The summed E-state index contributed by atoms with van der Waals surface area (Å²) in [7, 11) is -2.56. The molecule has 0 spiro atoms. The summed E-state index contributed by atoms with van der Waals surface area (Å²) in [6.07, 6.45) is 1.65. The van der Waals surface area contributed by atoms with Gasteiger partial charge in [-0.3, -0.25) is 14.6 Å². The van der Waals surface area contributed by atoms with Crippen LogP contribution in [0.15, 0.2) is 65.7 Å². The van der Waals surface area contributed by atoms with E-state index < -0.39 is 35.1 Å². The Labute approximate surface area is 174 Å². The Morgan fingerprint density at radius 1 is 1.07 bits per heavy atom. The molecule has 1 N–H and O–H groups in total. The number of benzene rings is 2. The summed E-state index contributed by atoms with van der Waals surface area (Å²) in [6, 6.07) is 15.1. The molecule has 0 fully saturated rings. The number of aryl methyl sites for hydroxylation is 1. The van der Waals surface area contributed by atoms with E-state index in [1.807, 2.05) is 19.1 Å². The molecule has 1 heterocycles. The number of hydrogen-bond acceptors (Lipinski definition) is 6. The molecule has 0 saturated carbocycles. The molecule has 156 valence electrons. The number of esters is 1. The van der Waals surface area contributed by atoms with Gasteiger partial charge in [-0.2, -0.15) is 4.31 Å². The molecule has 2 aromatic carbocycles. The first-order chi connectivity index (χ1) is 14.3. The van der Waals surface area contributed by atoms with Crippen LogP contribution < -0.4 is 5.32 Å². The van der Waals surface area contributed by atoms with Crippen molar-refractivity contribution >= 4 is 38.5 Å². The molecule has 1 aromatic heterocycles. The highest BCUT2D eigenvalue weighted by Crippen LogP contribution is 2.21. The van der Waals surface area contributed by atoms with Crippen LogP contribution in [0, 0.1) is 6.92 Å². The van der Waals surface area contributed by atoms with Crippen molar-refractivity contribution in [2.75, 3.05) is 25.5 Å². The summed E-state index contributed by atoms with van der Waals surface area (Å²) in [4.78, 5) is 28.5. The minimum Gasteiger partial charge on any atom is -0.455 e. The van der Waals surface area contributed by atoms with Gasteiger partial charge in [0.2, 0.25) is 10.0 Å². The fourth-order valence-electron chi connectivity index (χ4n) is 2.75. The molecule has 0 saturated heterocycles. The van der Waals surface area contributed by atoms with Gasteiger partial charge in [-0.1, -0.05) is 23.8 Å². The van der Waals surface area contributed by atoms with E-state index in [-0.39, 0.29) is 4.90 Å². The normalized spacial score (nSPS) is 11.4. The Morgan fingerprint density at radius 3 is 2.53 bits per heavy atom. The first-order valence-electron chi connectivity index (χ1n) is 9.09. The number of anilines is 1. The SMILES string of the molecule is Cc1ccc(S(=O)(=O)N(C)CC(=O)OCC(=O)Nc2cccc3ncccc23)cc1. The second kappa shape index (κ2) is 9.02. The quantitative estimate of drug-likeness (QED) is 0.580. The molecule has 0 aliphatic heterocycles. The molecule has 0 aliphatic rings. The number of sulfonamides is 1. The molecule has 1 amide bonds. The topological polar surface area (TPSA) is 106 Å². The highest BCUT2D eigenvalue weighted by molar-refractivity contribution is 7.89. The average Bonchev–Trinajstić information content (AvgIpc) is 2.73. The fraction of sp³-hybridized carbons (Fsp3) is 0.190. The van der Waals surface area contributed by atoms with E-state index in [2.05, 4.69) is 10.3 Å². The zero-order valence-electron chi connectivity index (χ0n) is 16.5. The van der Waals surface area contributed by atoms with Crippen LogP contribution in [0.5, 0.6) is 0 Å². The van der Waals surface area contributed by atoms with Crippen LogP contribution in [0.25, 0.3) is 10.9 Å². The third-order valence-electron chi connectivity index (χ3n) is 4.36. The van der Waals surface area contributed by atoms with E-state index in [0.29, 0.717) is 5.69 Å². The first-order valence-corrected chi connectivity index (χ1v) is 10.5. The monoisotopic (exact) mass is 427 g/mol. The molecule has 0 radical (unpaired) electrons. The zero-order chi connectivity index (χ0) is 21.7. The van der Waals surface area contributed by atoms with Gasteiger partial charge >= 0.3 is 5.97 Å². The van der Waals surface area contributed by atoms with Gasteiger partial charge in [0, 0.05) is 18.6 Å². The van der Waals surface area contributed by atoms with E-state index in [1.54, 1.807) is 36.5 Å².